The minimum atomic E-state index is 0.337. The van der Waals surface area contributed by atoms with Gasteiger partial charge in [0.05, 0.1) is 0 Å². The van der Waals surface area contributed by atoms with Gasteiger partial charge in [-0.25, -0.2) is 0 Å². The van der Waals surface area contributed by atoms with Crippen molar-refractivity contribution >= 4 is 5.91 Å². The highest BCUT2D eigenvalue weighted by Crippen LogP contribution is 2.40. The highest BCUT2D eigenvalue weighted by Gasteiger charge is 2.34. The quantitative estimate of drug-likeness (QED) is 0.551. The molecule has 0 spiro atoms. The van der Waals surface area contributed by atoms with E-state index in [1.807, 2.05) is 4.90 Å². The maximum absolute atomic E-state index is 11.6. The third-order valence-corrected chi connectivity index (χ3v) is 3.29. The van der Waals surface area contributed by atoms with Gasteiger partial charge in [0.25, 0.3) is 0 Å². The molecule has 1 saturated heterocycles. The summed E-state index contributed by atoms with van der Waals surface area (Å²) in [5.41, 5.74) is 4.28. The van der Waals surface area contributed by atoms with Gasteiger partial charge in [0.2, 0.25) is 5.91 Å². The van der Waals surface area contributed by atoms with Crippen molar-refractivity contribution in [1.29, 1.82) is 0 Å². The van der Waals surface area contributed by atoms with E-state index >= 15 is 0 Å². The Bertz CT molecular complexity index is 338. The molecule has 2 aliphatic heterocycles. The lowest BCUT2D eigenvalue weighted by Crippen LogP contribution is -2.32. The molecule has 1 aliphatic carbocycles. The number of hydrogen-bond donors (Lipinski definition) is 0. The van der Waals surface area contributed by atoms with Crippen molar-refractivity contribution in [2.45, 2.75) is 32.1 Å². The summed E-state index contributed by atoms with van der Waals surface area (Å²) in [4.78, 5) is 13.6. The zero-order valence-electron chi connectivity index (χ0n) is 7.68. The summed E-state index contributed by atoms with van der Waals surface area (Å²) in [6.45, 7) is 0.945. The number of allylic oxidation sites excluding steroid dienone is 2. The molecule has 0 aromatic heterocycles. The summed E-state index contributed by atoms with van der Waals surface area (Å²) in [7, 11) is 0. The van der Waals surface area contributed by atoms with Crippen LogP contribution in [0.5, 0.6) is 0 Å². The summed E-state index contributed by atoms with van der Waals surface area (Å²) in [6.07, 6.45) is 7.53. The molecule has 2 heterocycles. The molecule has 3 aliphatic rings. The van der Waals surface area contributed by atoms with Crippen LogP contribution in [0, 0.1) is 0 Å². The summed E-state index contributed by atoms with van der Waals surface area (Å²) in [5.74, 6) is 0.337. The van der Waals surface area contributed by atoms with Crippen molar-refractivity contribution in [2.75, 3.05) is 6.54 Å². The first-order valence-corrected chi connectivity index (χ1v) is 5.08. The summed E-state index contributed by atoms with van der Waals surface area (Å²) in [5, 5.41) is 0. The lowest BCUT2D eigenvalue weighted by Gasteiger charge is -2.29. The fourth-order valence-corrected chi connectivity index (χ4v) is 2.68. The number of nitrogens with zero attached hydrogens (tertiary/aromatic N) is 1. The predicted octanol–water partition coefficient (Wildman–Crippen LogP) is 1.99. The standard InChI is InChI=1S/C11H13NO/c13-10-5-4-8-2-1-3-9-6-7-12(10)11(8)9/h2H,1,3-7H2. The Balaban J connectivity index is 2.09. The molecule has 0 unspecified atom stereocenters. The van der Waals surface area contributed by atoms with Crippen molar-refractivity contribution < 1.29 is 4.79 Å². The van der Waals surface area contributed by atoms with Gasteiger partial charge in [-0.1, -0.05) is 6.08 Å². The van der Waals surface area contributed by atoms with E-state index < -0.39 is 0 Å². The maximum Gasteiger partial charge on any atom is 0.227 e. The van der Waals surface area contributed by atoms with Crippen LogP contribution >= 0.6 is 0 Å². The maximum atomic E-state index is 11.6. The van der Waals surface area contributed by atoms with E-state index in [0.717, 1.165) is 25.8 Å². The van der Waals surface area contributed by atoms with Gasteiger partial charge in [-0.3, -0.25) is 4.79 Å². The molecule has 1 fully saturated rings. The second-order valence-corrected chi connectivity index (χ2v) is 4.02. The number of rotatable bonds is 0. The first-order valence-electron chi connectivity index (χ1n) is 5.08. The molecule has 13 heavy (non-hydrogen) atoms. The highest BCUT2D eigenvalue weighted by molar-refractivity contribution is 5.82. The van der Waals surface area contributed by atoms with E-state index in [1.165, 1.54) is 29.7 Å². The number of hydrogen-bond acceptors (Lipinski definition) is 1. The van der Waals surface area contributed by atoms with Gasteiger partial charge in [0.1, 0.15) is 0 Å². The molecule has 3 rings (SSSR count). The van der Waals surface area contributed by atoms with E-state index in [4.69, 9.17) is 0 Å². The molecule has 0 atom stereocenters. The fourth-order valence-electron chi connectivity index (χ4n) is 2.68. The average molecular weight is 175 g/mol. The molecule has 68 valence electrons. The van der Waals surface area contributed by atoms with Crippen molar-refractivity contribution in [3.05, 3.63) is 22.9 Å². The van der Waals surface area contributed by atoms with Crippen LogP contribution in [0.15, 0.2) is 22.9 Å². The van der Waals surface area contributed by atoms with Crippen LogP contribution in [0.25, 0.3) is 0 Å². The molecule has 0 N–H and O–H groups in total. The molecule has 0 saturated carbocycles. The minimum absolute atomic E-state index is 0.337. The summed E-state index contributed by atoms with van der Waals surface area (Å²) < 4.78 is 0. The Morgan fingerprint density at radius 2 is 2.08 bits per heavy atom. The Labute approximate surface area is 77.9 Å². The van der Waals surface area contributed by atoms with Crippen LogP contribution < -0.4 is 0 Å². The second-order valence-electron chi connectivity index (χ2n) is 4.02. The normalized spacial score (nSPS) is 26.3. The second kappa shape index (κ2) is 2.47. The number of carbonyl (C=O) groups is 1. The number of piperidine rings is 1. The lowest BCUT2D eigenvalue weighted by molar-refractivity contribution is -0.129. The van der Waals surface area contributed by atoms with E-state index in [9.17, 15) is 4.79 Å². The van der Waals surface area contributed by atoms with Crippen LogP contribution in [0.2, 0.25) is 0 Å². The molecule has 2 heteroatoms. The van der Waals surface area contributed by atoms with Gasteiger partial charge in [-0.15, -0.1) is 0 Å². The Hall–Kier alpha value is -1.05. The molecule has 0 aromatic rings. The third kappa shape index (κ3) is 0.916. The van der Waals surface area contributed by atoms with Crippen molar-refractivity contribution in [3.8, 4) is 0 Å². The Morgan fingerprint density at radius 1 is 1.15 bits per heavy atom. The average Bonchev–Trinajstić information content (AvgIpc) is 2.57. The van der Waals surface area contributed by atoms with Gasteiger partial charge in [0.15, 0.2) is 0 Å². The summed E-state index contributed by atoms with van der Waals surface area (Å²) >= 11 is 0. The van der Waals surface area contributed by atoms with Crippen LogP contribution in [0.3, 0.4) is 0 Å². The first kappa shape index (κ1) is 7.36. The topological polar surface area (TPSA) is 20.3 Å². The molecule has 1 amide bonds. The van der Waals surface area contributed by atoms with Gasteiger partial charge >= 0.3 is 0 Å². The van der Waals surface area contributed by atoms with Crippen LogP contribution in [0.4, 0.5) is 0 Å². The summed E-state index contributed by atoms with van der Waals surface area (Å²) in [6, 6.07) is 0. The fraction of sp³-hybridized carbons (Fsp3) is 0.545. The third-order valence-electron chi connectivity index (χ3n) is 3.29. The van der Waals surface area contributed by atoms with Crippen LogP contribution in [0.1, 0.15) is 32.1 Å². The van der Waals surface area contributed by atoms with Crippen molar-refractivity contribution in [2.24, 2.45) is 0 Å². The molecule has 0 aromatic carbocycles. The number of carbonyl (C=O) groups excluding carboxylic acids is 1. The minimum Gasteiger partial charge on any atom is -0.312 e. The monoisotopic (exact) mass is 175 g/mol. The Morgan fingerprint density at radius 3 is 3.00 bits per heavy atom. The molecular formula is C11H13NO. The molecule has 2 nitrogen and oxygen atoms in total. The van der Waals surface area contributed by atoms with E-state index in [0.29, 0.717) is 5.91 Å². The van der Waals surface area contributed by atoms with E-state index in [2.05, 4.69) is 6.08 Å². The van der Waals surface area contributed by atoms with E-state index in [-0.39, 0.29) is 0 Å². The lowest BCUT2D eigenvalue weighted by atomic mass is 9.91. The smallest absolute Gasteiger partial charge is 0.227 e. The zero-order chi connectivity index (χ0) is 8.84. The number of amides is 1. The van der Waals surface area contributed by atoms with Gasteiger partial charge in [0, 0.05) is 18.7 Å². The van der Waals surface area contributed by atoms with E-state index in [1.54, 1.807) is 0 Å². The SMILES string of the molecule is O=C1CCC2=CCCC3=C2N1CC3. The van der Waals surface area contributed by atoms with Crippen LogP contribution in [-0.2, 0) is 4.79 Å². The van der Waals surface area contributed by atoms with Crippen LogP contribution in [-0.4, -0.2) is 17.4 Å². The zero-order valence-corrected chi connectivity index (χ0v) is 7.68. The Kier molecular flexibility index (Phi) is 1.40. The largest absolute Gasteiger partial charge is 0.312 e. The molecular weight excluding hydrogens is 162 g/mol. The predicted molar refractivity (Wildman–Crippen MR) is 49.9 cm³/mol. The highest BCUT2D eigenvalue weighted by atomic mass is 16.2. The first-order chi connectivity index (χ1) is 6.36. The van der Waals surface area contributed by atoms with Gasteiger partial charge in [-0.2, -0.15) is 0 Å². The van der Waals surface area contributed by atoms with Gasteiger partial charge in [-0.05, 0) is 36.8 Å². The molecule has 0 bridgehead atoms. The van der Waals surface area contributed by atoms with Gasteiger partial charge < -0.3 is 4.90 Å². The van der Waals surface area contributed by atoms with Crippen molar-refractivity contribution in [1.82, 2.24) is 4.90 Å². The van der Waals surface area contributed by atoms with Crippen molar-refractivity contribution in [3.63, 3.8) is 0 Å². The molecule has 0 radical (unpaired) electrons.